The summed E-state index contributed by atoms with van der Waals surface area (Å²) in [5, 5.41) is 3.02. The van der Waals surface area contributed by atoms with Gasteiger partial charge in [0.1, 0.15) is 0 Å². The lowest BCUT2D eigenvalue weighted by atomic mass is 9.96. The molecule has 3 nitrogen and oxygen atoms in total. The van der Waals surface area contributed by atoms with Crippen molar-refractivity contribution in [1.29, 1.82) is 0 Å². The van der Waals surface area contributed by atoms with Gasteiger partial charge in [0.05, 0.1) is 11.6 Å². The molecule has 0 aliphatic carbocycles. The van der Waals surface area contributed by atoms with Crippen molar-refractivity contribution in [2.75, 3.05) is 0 Å². The molecule has 3 heteroatoms. The van der Waals surface area contributed by atoms with Crippen LogP contribution in [0.25, 0.3) is 0 Å². The van der Waals surface area contributed by atoms with Crippen molar-refractivity contribution >= 4 is 5.91 Å². The highest BCUT2D eigenvalue weighted by Crippen LogP contribution is 2.21. The second-order valence-electron chi connectivity index (χ2n) is 5.23. The minimum absolute atomic E-state index is 0.0259. The van der Waals surface area contributed by atoms with Crippen LogP contribution < -0.4 is 5.32 Å². The molecule has 1 amide bonds. The standard InChI is InChI=1S/C17H20N2O/c1-11-8-13(3)16(9-12(11)2)14(4)19-17(20)15-6-5-7-18-10-15/h5-10,14H,1-4H3,(H,19,20)/t14-/m0/s1. The van der Waals surface area contributed by atoms with Gasteiger partial charge in [0, 0.05) is 12.4 Å². The number of pyridine rings is 1. The maximum atomic E-state index is 12.1. The zero-order chi connectivity index (χ0) is 14.7. The summed E-state index contributed by atoms with van der Waals surface area (Å²) in [6.45, 7) is 8.28. The molecule has 0 aliphatic rings. The van der Waals surface area contributed by atoms with Gasteiger partial charge in [-0.25, -0.2) is 0 Å². The van der Waals surface area contributed by atoms with E-state index in [1.54, 1.807) is 24.5 Å². The molecule has 2 aromatic rings. The van der Waals surface area contributed by atoms with Gasteiger partial charge >= 0.3 is 0 Å². The summed E-state index contributed by atoms with van der Waals surface area (Å²) in [6, 6.07) is 7.82. The van der Waals surface area contributed by atoms with E-state index >= 15 is 0 Å². The van der Waals surface area contributed by atoms with Crippen LogP contribution in [0.5, 0.6) is 0 Å². The van der Waals surface area contributed by atoms with Gasteiger partial charge < -0.3 is 5.32 Å². The van der Waals surface area contributed by atoms with Crippen LogP contribution in [-0.4, -0.2) is 10.9 Å². The van der Waals surface area contributed by atoms with E-state index < -0.39 is 0 Å². The summed E-state index contributed by atoms with van der Waals surface area (Å²) in [5.74, 6) is -0.0942. The Bertz CT molecular complexity index is 620. The molecule has 1 aromatic heterocycles. The average molecular weight is 268 g/mol. The van der Waals surface area contributed by atoms with Gasteiger partial charge in [0.25, 0.3) is 5.91 Å². The SMILES string of the molecule is Cc1cc(C)c([C@H](C)NC(=O)c2cccnc2)cc1C. The third-order valence-electron chi connectivity index (χ3n) is 3.62. The van der Waals surface area contributed by atoms with Gasteiger partial charge in [-0.15, -0.1) is 0 Å². The summed E-state index contributed by atoms with van der Waals surface area (Å²) in [4.78, 5) is 16.1. The monoisotopic (exact) mass is 268 g/mol. The normalized spacial score (nSPS) is 12.0. The molecule has 1 atom stereocenters. The van der Waals surface area contributed by atoms with E-state index in [9.17, 15) is 4.79 Å². The highest BCUT2D eigenvalue weighted by atomic mass is 16.1. The van der Waals surface area contributed by atoms with Crippen molar-refractivity contribution < 1.29 is 4.79 Å². The minimum Gasteiger partial charge on any atom is -0.345 e. The van der Waals surface area contributed by atoms with Crippen LogP contribution >= 0.6 is 0 Å². The third-order valence-corrected chi connectivity index (χ3v) is 3.62. The highest BCUT2D eigenvalue weighted by Gasteiger charge is 2.14. The Labute approximate surface area is 120 Å². The lowest BCUT2D eigenvalue weighted by Crippen LogP contribution is -2.27. The van der Waals surface area contributed by atoms with Crippen LogP contribution in [0, 0.1) is 20.8 Å². The molecule has 20 heavy (non-hydrogen) atoms. The summed E-state index contributed by atoms with van der Waals surface area (Å²) in [6.07, 6.45) is 3.24. The van der Waals surface area contributed by atoms with E-state index in [2.05, 4.69) is 43.2 Å². The van der Waals surface area contributed by atoms with Crippen molar-refractivity contribution in [3.05, 3.63) is 64.5 Å². The number of rotatable bonds is 3. The molecule has 0 aliphatic heterocycles. The van der Waals surface area contributed by atoms with Crippen LogP contribution in [0.1, 0.15) is 45.6 Å². The van der Waals surface area contributed by atoms with E-state index in [1.807, 2.05) is 6.92 Å². The molecule has 2 rings (SSSR count). The first-order chi connectivity index (χ1) is 9.49. The molecule has 0 radical (unpaired) electrons. The van der Waals surface area contributed by atoms with Crippen LogP contribution in [0.15, 0.2) is 36.7 Å². The fraction of sp³-hybridized carbons (Fsp3) is 0.294. The van der Waals surface area contributed by atoms with Gasteiger partial charge in [-0.2, -0.15) is 0 Å². The van der Waals surface area contributed by atoms with Gasteiger partial charge in [-0.1, -0.05) is 12.1 Å². The van der Waals surface area contributed by atoms with Crippen molar-refractivity contribution in [2.24, 2.45) is 0 Å². The molecule has 0 fully saturated rings. The molecule has 1 heterocycles. The number of nitrogens with zero attached hydrogens (tertiary/aromatic N) is 1. The van der Waals surface area contributed by atoms with Crippen LogP contribution in [-0.2, 0) is 0 Å². The zero-order valence-corrected chi connectivity index (χ0v) is 12.4. The summed E-state index contributed by atoms with van der Waals surface area (Å²) < 4.78 is 0. The molecular weight excluding hydrogens is 248 g/mol. The van der Waals surface area contributed by atoms with Crippen LogP contribution in [0.3, 0.4) is 0 Å². The minimum atomic E-state index is -0.0942. The van der Waals surface area contributed by atoms with E-state index in [-0.39, 0.29) is 11.9 Å². The van der Waals surface area contributed by atoms with Crippen molar-refractivity contribution in [3.8, 4) is 0 Å². The lowest BCUT2D eigenvalue weighted by molar-refractivity contribution is 0.0939. The topological polar surface area (TPSA) is 42.0 Å². The summed E-state index contributed by atoms with van der Waals surface area (Å²) >= 11 is 0. The second kappa shape index (κ2) is 5.87. The Morgan fingerprint density at radius 3 is 2.50 bits per heavy atom. The molecule has 104 valence electrons. The first-order valence-electron chi connectivity index (χ1n) is 6.77. The van der Waals surface area contributed by atoms with Gasteiger partial charge in [0.15, 0.2) is 0 Å². The fourth-order valence-corrected chi connectivity index (χ4v) is 2.30. The van der Waals surface area contributed by atoms with Crippen molar-refractivity contribution in [1.82, 2.24) is 10.3 Å². The molecule has 0 saturated heterocycles. The Kier molecular flexibility index (Phi) is 4.18. The molecule has 0 bridgehead atoms. The van der Waals surface area contributed by atoms with Gasteiger partial charge in [-0.3, -0.25) is 9.78 Å². The number of nitrogens with one attached hydrogen (secondary N) is 1. The second-order valence-corrected chi connectivity index (χ2v) is 5.23. The Morgan fingerprint density at radius 1 is 1.15 bits per heavy atom. The van der Waals surface area contributed by atoms with Crippen LogP contribution in [0.4, 0.5) is 0 Å². The molecule has 1 N–H and O–H groups in total. The number of hydrogen-bond donors (Lipinski definition) is 1. The Morgan fingerprint density at radius 2 is 1.85 bits per heavy atom. The number of carbonyl (C=O) groups excluding carboxylic acids is 1. The summed E-state index contributed by atoms with van der Waals surface area (Å²) in [7, 11) is 0. The number of aromatic nitrogens is 1. The lowest BCUT2D eigenvalue weighted by Gasteiger charge is -2.18. The molecule has 0 saturated carbocycles. The van der Waals surface area contributed by atoms with E-state index in [1.165, 1.54) is 16.7 Å². The van der Waals surface area contributed by atoms with Gasteiger partial charge in [0.2, 0.25) is 0 Å². The average Bonchev–Trinajstić information content (AvgIpc) is 2.43. The Hall–Kier alpha value is -2.16. The van der Waals surface area contributed by atoms with Gasteiger partial charge in [-0.05, 0) is 62.1 Å². The van der Waals surface area contributed by atoms with Crippen molar-refractivity contribution in [3.63, 3.8) is 0 Å². The smallest absolute Gasteiger partial charge is 0.253 e. The van der Waals surface area contributed by atoms with Crippen LogP contribution in [0.2, 0.25) is 0 Å². The van der Waals surface area contributed by atoms with E-state index in [0.717, 1.165) is 5.56 Å². The number of benzene rings is 1. The highest BCUT2D eigenvalue weighted by molar-refractivity contribution is 5.94. The predicted molar refractivity (Wildman–Crippen MR) is 80.8 cm³/mol. The largest absolute Gasteiger partial charge is 0.345 e. The zero-order valence-electron chi connectivity index (χ0n) is 12.4. The molecule has 0 unspecified atom stereocenters. The fourth-order valence-electron chi connectivity index (χ4n) is 2.30. The first-order valence-corrected chi connectivity index (χ1v) is 6.77. The number of amides is 1. The number of aryl methyl sites for hydroxylation is 3. The van der Waals surface area contributed by atoms with E-state index in [4.69, 9.17) is 0 Å². The van der Waals surface area contributed by atoms with E-state index in [0.29, 0.717) is 5.56 Å². The quantitative estimate of drug-likeness (QED) is 0.925. The molecule has 0 spiro atoms. The summed E-state index contributed by atoms with van der Waals surface area (Å²) in [5.41, 5.74) is 5.46. The number of hydrogen-bond acceptors (Lipinski definition) is 2. The maximum Gasteiger partial charge on any atom is 0.253 e. The molecular formula is C17H20N2O. The Balaban J connectivity index is 2.19. The number of carbonyl (C=O) groups is 1. The third kappa shape index (κ3) is 3.05. The maximum absolute atomic E-state index is 12.1. The first kappa shape index (κ1) is 14.3. The van der Waals surface area contributed by atoms with Crippen molar-refractivity contribution in [2.45, 2.75) is 33.7 Å². The predicted octanol–water partition coefficient (Wildman–Crippen LogP) is 3.50. The molecule has 1 aromatic carbocycles.